The number of carbonyl (C=O) groups is 1. The quantitative estimate of drug-likeness (QED) is 0.729. The lowest BCUT2D eigenvalue weighted by Gasteiger charge is -2.00. The van der Waals surface area contributed by atoms with Crippen LogP contribution in [0, 0.1) is 6.92 Å². The molecule has 1 heterocycles. The second kappa shape index (κ2) is 5.77. The average Bonchev–Trinajstić information content (AvgIpc) is 2.82. The van der Waals surface area contributed by atoms with Crippen LogP contribution in [0.2, 0.25) is 0 Å². The standard InChI is InChI=1S/C17H16N2O2S/c1-11-7-8-14-15(9-11)22-17(19(14)2)18-16(20)12-5-4-6-13(10-12)21-3/h4-10H,1-3H3. The number of ether oxygens (including phenoxy) is 1. The fourth-order valence-electron chi connectivity index (χ4n) is 2.26. The second-order valence-corrected chi connectivity index (χ2v) is 6.07. The van der Waals surface area contributed by atoms with Crippen LogP contribution < -0.4 is 9.54 Å². The normalized spacial score (nSPS) is 11.9. The van der Waals surface area contributed by atoms with Crippen molar-refractivity contribution in [1.29, 1.82) is 0 Å². The van der Waals surface area contributed by atoms with Crippen molar-refractivity contribution in [3.8, 4) is 5.75 Å². The van der Waals surface area contributed by atoms with Gasteiger partial charge in [-0.2, -0.15) is 4.99 Å². The van der Waals surface area contributed by atoms with E-state index in [0.717, 1.165) is 10.2 Å². The fraction of sp³-hybridized carbons (Fsp3) is 0.176. The number of hydrogen-bond donors (Lipinski definition) is 0. The molecule has 0 atom stereocenters. The first-order valence-electron chi connectivity index (χ1n) is 6.88. The van der Waals surface area contributed by atoms with Gasteiger partial charge in [-0.05, 0) is 42.8 Å². The molecule has 2 aromatic carbocycles. The Bertz CT molecular complexity index is 922. The minimum absolute atomic E-state index is 0.266. The molecule has 22 heavy (non-hydrogen) atoms. The summed E-state index contributed by atoms with van der Waals surface area (Å²) in [6, 6.07) is 13.2. The molecule has 1 amide bonds. The lowest BCUT2D eigenvalue weighted by atomic mass is 10.2. The molecule has 3 rings (SSSR count). The van der Waals surface area contributed by atoms with E-state index >= 15 is 0 Å². The highest BCUT2D eigenvalue weighted by atomic mass is 32.1. The van der Waals surface area contributed by atoms with Gasteiger partial charge in [-0.3, -0.25) is 4.79 Å². The number of amides is 1. The Morgan fingerprint density at radius 3 is 2.82 bits per heavy atom. The predicted molar refractivity (Wildman–Crippen MR) is 88.4 cm³/mol. The molecule has 4 nitrogen and oxygen atoms in total. The summed E-state index contributed by atoms with van der Waals surface area (Å²) in [5.74, 6) is 0.384. The third-order valence-electron chi connectivity index (χ3n) is 3.48. The Morgan fingerprint density at radius 1 is 1.23 bits per heavy atom. The van der Waals surface area contributed by atoms with E-state index in [4.69, 9.17) is 4.74 Å². The Kier molecular flexibility index (Phi) is 3.81. The van der Waals surface area contributed by atoms with E-state index in [1.807, 2.05) is 11.6 Å². The zero-order valence-corrected chi connectivity index (χ0v) is 13.5. The van der Waals surface area contributed by atoms with Gasteiger partial charge in [-0.25, -0.2) is 0 Å². The summed E-state index contributed by atoms with van der Waals surface area (Å²) in [6.45, 7) is 2.05. The van der Waals surface area contributed by atoms with E-state index in [1.165, 1.54) is 16.9 Å². The largest absolute Gasteiger partial charge is 0.497 e. The van der Waals surface area contributed by atoms with Gasteiger partial charge in [0.05, 0.1) is 17.3 Å². The summed E-state index contributed by atoms with van der Waals surface area (Å²) in [4.78, 5) is 17.3. The van der Waals surface area contributed by atoms with Gasteiger partial charge in [0.15, 0.2) is 4.80 Å². The third kappa shape index (κ3) is 2.67. The van der Waals surface area contributed by atoms with Crippen LogP contribution in [0.25, 0.3) is 10.2 Å². The molecule has 0 aliphatic rings. The molecule has 0 fully saturated rings. The molecule has 0 radical (unpaired) electrons. The third-order valence-corrected chi connectivity index (χ3v) is 4.57. The van der Waals surface area contributed by atoms with E-state index in [9.17, 15) is 4.79 Å². The number of carbonyl (C=O) groups excluding carboxylic acids is 1. The van der Waals surface area contributed by atoms with E-state index in [1.54, 1.807) is 31.4 Å². The van der Waals surface area contributed by atoms with E-state index in [2.05, 4.69) is 30.1 Å². The lowest BCUT2D eigenvalue weighted by molar-refractivity contribution is 0.0997. The number of hydrogen-bond acceptors (Lipinski definition) is 3. The smallest absolute Gasteiger partial charge is 0.279 e. The number of aryl methyl sites for hydroxylation is 2. The molecule has 0 bridgehead atoms. The van der Waals surface area contributed by atoms with Crippen LogP contribution in [-0.2, 0) is 7.05 Å². The van der Waals surface area contributed by atoms with Crippen molar-refractivity contribution in [2.75, 3.05) is 7.11 Å². The van der Waals surface area contributed by atoms with Gasteiger partial charge in [-0.1, -0.05) is 23.5 Å². The summed E-state index contributed by atoms with van der Waals surface area (Å²) in [5.41, 5.74) is 2.79. The molecule has 3 aromatic rings. The van der Waals surface area contributed by atoms with Crippen molar-refractivity contribution >= 4 is 27.5 Å². The van der Waals surface area contributed by atoms with Crippen molar-refractivity contribution in [3.05, 3.63) is 58.4 Å². The van der Waals surface area contributed by atoms with Gasteiger partial charge in [0, 0.05) is 12.6 Å². The van der Waals surface area contributed by atoms with Crippen LogP contribution in [0.5, 0.6) is 5.75 Å². The molecule has 112 valence electrons. The molecule has 0 saturated carbocycles. The Labute approximate surface area is 132 Å². The van der Waals surface area contributed by atoms with Crippen molar-refractivity contribution < 1.29 is 9.53 Å². The number of methoxy groups -OCH3 is 1. The second-order valence-electron chi connectivity index (χ2n) is 5.06. The van der Waals surface area contributed by atoms with Crippen LogP contribution in [0.1, 0.15) is 15.9 Å². The molecular weight excluding hydrogens is 296 g/mol. The molecule has 0 aliphatic heterocycles. The molecule has 5 heteroatoms. The van der Waals surface area contributed by atoms with Gasteiger partial charge >= 0.3 is 0 Å². The maximum atomic E-state index is 12.3. The highest BCUT2D eigenvalue weighted by Crippen LogP contribution is 2.18. The van der Waals surface area contributed by atoms with E-state index in [-0.39, 0.29) is 5.91 Å². The van der Waals surface area contributed by atoms with Crippen molar-refractivity contribution in [2.24, 2.45) is 12.0 Å². The summed E-state index contributed by atoms with van der Waals surface area (Å²) < 4.78 is 8.21. The Hall–Kier alpha value is -2.40. The van der Waals surface area contributed by atoms with Crippen LogP contribution in [-0.4, -0.2) is 17.6 Å². The Balaban J connectivity index is 2.07. The summed E-state index contributed by atoms with van der Waals surface area (Å²) in [6.07, 6.45) is 0. The van der Waals surface area contributed by atoms with Crippen LogP contribution in [0.15, 0.2) is 47.5 Å². The first-order valence-corrected chi connectivity index (χ1v) is 7.69. The maximum absolute atomic E-state index is 12.3. The number of nitrogens with zero attached hydrogens (tertiary/aromatic N) is 2. The van der Waals surface area contributed by atoms with Crippen LogP contribution in [0.4, 0.5) is 0 Å². The van der Waals surface area contributed by atoms with Gasteiger partial charge in [0.25, 0.3) is 5.91 Å². The topological polar surface area (TPSA) is 43.6 Å². The highest BCUT2D eigenvalue weighted by molar-refractivity contribution is 7.16. The minimum atomic E-state index is -0.266. The number of benzene rings is 2. The molecule has 0 saturated heterocycles. The molecule has 0 N–H and O–H groups in total. The monoisotopic (exact) mass is 312 g/mol. The molecule has 0 aliphatic carbocycles. The first-order chi connectivity index (χ1) is 10.6. The van der Waals surface area contributed by atoms with Crippen molar-refractivity contribution in [2.45, 2.75) is 6.92 Å². The maximum Gasteiger partial charge on any atom is 0.279 e. The average molecular weight is 312 g/mol. The molecular formula is C17H16N2O2S. The molecule has 0 unspecified atom stereocenters. The number of aromatic nitrogens is 1. The Morgan fingerprint density at radius 2 is 2.05 bits per heavy atom. The zero-order chi connectivity index (χ0) is 15.7. The van der Waals surface area contributed by atoms with E-state index < -0.39 is 0 Å². The zero-order valence-electron chi connectivity index (χ0n) is 12.7. The highest BCUT2D eigenvalue weighted by Gasteiger charge is 2.08. The number of thiazole rings is 1. The van der Waals surface area contributed by atoms with Crippen molar-refractivity contribution in [1.82, 2.24) is 4.57 Å². The van der Waals surface area contributed by atoms with Gasteiger partial charge in [-0.15, -0.1) is 0 Å². The van der Waals surface area contributed by atoms with Gasteiger partial charge < -0.3 is 9.30 Å². The molecule has 0 spiro atoms. The van der Waals surface area contributed by atoms with Crippen LogP contribution in [0.3, 0.4) is 0 Å². The van der Waals surface area contributed by atoms with Crippen LogP contribution >= 0.6 is 11.3 Å². The SMILES string of the molecule is COc1cccc(C(=O)N=c2sc3cc(C)ccc3n2C)c1. The molecule has 1 aromatic heterocycles. The van der Waals surface area contributed by atoms with Gasteiger partial charge in [0.2, 0.25) is 0 Å². The minimum Gasteiger partial charge on any atom is -0.497 e. The summed E-state index contributed by atoms with van der Waals surface area (Å²) in [7, 11) is 3.50. The fourth-order valence-corrected chi connectivity index (χ4v) is 3.37. The number of fused-ring (bicyclic) bond motifs is 1. The summed E-state index contributed by atoms with van der Waals surface area (Å²) in [5, 5.41) is 0. The first kappa shape index (κ1) is 14.5. The lowest BCUT2D eigenvalue weighted by Crippen LogP contribution is -2.13. The van der Waals surface area contributed by atoms with Gasteiger partial charge in [0.1, 0.15) is 5.75 Å². The number of rotatable bonds is 2. The van der Waals surface area contributed by atoms with E-state index in [0.29, 0.717) is 16.1 Å². The van der Waals surface area contributed by atoms with Crippen molar-refractivity contribution in [3.63, 3.8) is 0 Å². The predicted octanol–water partition coefficient (Wildman–Crippen LogP) is 3.30. The summed E-state index contributed by atoms with van der Waals surface area (Å²) >= 11 is 1.52.